The maximum Gasteiger partial charge on any atom is 0.0957 e. The Morgan fingerprint density at radius 3 is 1.91 bits per heavy atom. The van der Waals surface area contributed by atoms with Gasteiger partial charge in [-0.2, -0.15) is 0 Å². The molecule has 23 heavy (non-hydrogen) atoms. The molecule has 116 valence electrons. The van der Waals surface area contributed by atoms with Crippen molar-refractivity contribution in [1.29, 1.82) is 0 Å². The van der Waals surface area contributed by atoms with Gasteiger partial charge in [-0.1, -0.05) is 48.5 Å². The van der Waals surface area contributed by atoms with Crippen molar-refractivity contribution >= 4 is 21.5 Å². The molecule has 0 saturated carbocycles. The summed E-state index contributed by atoms with van der Waals surface area (Å²) in [6.07, 6.45) is 3.99. The summed E-state index contributed by atoms with van der Waals surface area (Å²) in [4.78, 5) is 0. The zero-order valence-corrected chi connectivity index (χ0v) is 13.0. The van der Waals surface area contributed by atoms with Crippen molar-refractivity contribution in [2.24, 2.45) is 0 Å². The van der Waals surface area contributed by atoms with Gasteiger partial charge in [-0.3, -0.25) is 0 Å². The molecule has 2 heteroatoms. The van der Waals surface area contributed by atoms with E-state index < -0.39 is 5.60 Å². The van der Waals surface area contributed by atoms with E-state index in [4.69, 9.17) is 4.74 Å². The second kappa shape index (κ2) is 4.80. The van der Waals surface area contributed by atoms with E-state index in [-0.39, 0.29) is 12.2 Å². The molecule has 0 spiro atoms. The van der Waals surface area contributed by atoms with Gasteiger partial charge in [0, 0.05) is 12.8 Å². The molecule has 2 saturated heterocycles. The van der Waals surface area contributed by atoms with Gasteiger partial charge in [0.05, 0.1) is 17.8 Å². The summed E-state index contributed by atoms with van der Waals surface area (Å²) in [7, 11) is 0. The minimum atomic E-state index is -0.787. The Morgan fingerprint density at radius 1 is 0.826 bits per heavy atom. The zero-order valence-electron chi connectivity index (χ0n) is 13.0. The van der Waals surface area contributed by atoms with Crippen LogP contribution in [0.5, 0.6) is 0 Å². The molecular weight excluding hydrogens is 284 g/mol. The van der Waals surface area contributed by atoms with Crippen LogP contribution < -0.4 is 0 Å². The Kier molecular flexibility index (Phi) is 2.82. The van der Waals surface area contributed by atoms with Gasteiger partial charge in [0.1, 0.15) is 0 Å². The topological polar surface area (TPSA) is 29.5 Å². The predicted molar refractivity (Wildman–Crippen MR) is 92.5 cm³/mol. The number of aliphatic hydroxyl groups is 1. The summed E-state index contributed by atoms with van der Waals surface area (Å²) < 4.78 is 5.98. The highest BCUT2D eigenvalue weighted by atomic mass is 16.5. The first-order valence-electron chi connectivity index (χ1n) is 8.52. The Hall–Kier alpha value is -1.90. The van der Waals surface area contributed by atoms with Gasteiger partial charge in [-0.15, -0.1) is 0 Å². The van der Waals surface area contributed by atoms with Crippen LogP contribution in [-0.2, 0) is 10.3 Å². The van der Waals surface area contributed by atoms with E-state index in [2.05, 4.69) is 54.6 Å². The lowest BCUT2D eigenvalue weighted by molar-refractivity contribution is -0.114. The molecule has 3 aromatic carbocycles. The molecule has 2 fully saturated rings. The molecule has 2 heterocycles. The van der Waals surface area contributed by atoms with Crippen molar-refractivity contribution in [2.45, 2.75) is 43.5 Å². The Morgan fingerprint density at radius 2 is 1.35 bits per heavy atom. The molecule has 1 N–H and O–H groups in total. The average Bonchev–Trinajstić information content (AvgIpc) is 2.91. The van der Waals surface area contributed by atoms with Gasteiger partial charge in [-0.25, -0.2) is 0 Å². The summed E-state index contributed by atoms with van der Waals surface area (Å²) >= 11 is 0. The van der Waals surface area contributed by atoms with Crippen molar-refractivity contribution in [2.75, 3.05) is 0 Å². The van der Waals surface area contributed by atoms with Crippen molar-refractivity contribution < 1.29 is 9.84 Å². The average molecular weight is 304 g/mol. The molecule has 5 rings (SSSR count). The van der Waals surface area contributed by atoms with Crippen molar-refractivity contribution in [3.8, 4) is 0 Å². The number of rotatable bonds is 1. The van der Waals surface area contributed by atoms with E-state index in [0.717, 1.165) is 18.4 Å². The zero-order chi connectivity index (χ0) is 15.4. The summed E-state index contributed by atoms with van der Waals surface area (Å²) in [5.41, 5.74) is 0.316. The highest BCUT2D eigenvalue weighted by Gasteiger charge is 2.45. The number of hydrogen-bond acceptors (Lipinski definition) is 2. The largest absolute Gasteiger partial charge is 0.385 e. The van der Waals surface area contributed by atoms with E-state index in [1.807, 2.05) is 0 Å². The molecule has 2 aliphatic heterocycles. The minimum Gasteiger partial charge on any atom is -0.385 e. The third-order valence-electron chi connectivity index (χ3n) is 5.56. The minimum absolute atomic E-state index is 0.205. The van der Waals surface area contributed by atoms with Crippen LogP contribution in [0.4, 0.5) is 0 Å². The van der Waals surface area contributed by atoms with Crippen molar-refractivity contribution in [3.63, 3.8) is 0 Å². The molecule has 3 aromatic rings. The fourth-order valence-electron chi connectivity index (χ4n) is 4.64. The standard InChI is InChI=1S/C21H20O2/c22-21(12-16-9-10-17(13-21)23-16)20-18-7-3-1-5-14(18)11-15-6-2-4-8-19(15)20/h1-8,11,16-17,22H,9-10,12-13H2. The number of hydrogen-bond donors (Lipinski definition) is 1. The van der Waals surface area contributed by atoms with Crippen LogP contribution in [0.3, 0.4) is 0 Å². The highest BCUT2D eigenvalue weighted by molar-refractivity contribution is 6.03. The highest BCUT2D eigenvalue weighted by Crippen LogP contribution is 2.47. The molecule has 2 atom stereocenters. The van der Waals surface area contributed by atoms with Gasteiger partial charge >= 0.3 is 0 Å². The van der Waals surface area contributed by atoms with Crippen LogP contribution in [0.1, 0.15) is 31.2 Å². The van der Waals surface area contributed by atoms with Crippen molar-refractivity contribution in [3.05, 3.63) is 60.2 Å². The monoisotopic (exact) mass is 304 g/mol. The lowest BCUT2D eigenvalue weighted by Gasteiger charge is -2.38. The quantitative estimate of drug-likeness (QED) is 0.670. The second-order valence-electron chi connectivity index (χ2n) is 7.09. The van der Waals surface area contributed by atoms with E-state index in [1.165, 1.54) is 21.5 Å². The summed E-state index contributed by atoms with van der Waals surface area (Å²) in [6.45, 7) is 0. The van der Waals surface area contributed by atoms with E-state index >= 15 is 0 Å². The van der Waals surface area contributed by atoms with Gasteiger partial charge in [-0.05, 0) is 46.0 Å². The van der Waals surface area contributed by atoms with Crippen LogP contribution in [0.2, 0.25) is 0 Å². The predicted octanol–water partition coefficient (Wildman–Crippen LogP) is 4.52. The van der Waals surface area contributed by atoms with Crippen LogP contribution in [0, 0.1) is 0 Å². The molecule has 0 amide bonds. The van der Waals surface area contributed by atoms with Crippen molar-refractivity contribution in [1.82, 2.24) is 0 Å². The number of benzene rings is 3. The molecule has 2 unspecified atom stereocenters. The number of fused-ring (bicyclic) bond motifs is 4. The third kappa shape index (κ3) is 2.02. The number of ether oxygens (including phenoxy) is 1. The molecule has 0 aromatic heterocycles. The van der Waals surface area contributed by atoms with Gasteiger partial charge in [0.15, 0.2) is 0 Å². The molecule has 0 aliphatic carbocycles. The normalized spacial score (nSPS) is 30.1. The van der Waals surface area contributed by atoms with E-state index in [1.54, 1.807) is 0 Å². The Bertz CT molecular complexity index is 833. The first kappa shape index (κ1) is 13.5. The van der Waals surface area contributed by atoms with Crippen LogP contribution in [0.25, 0.3) is 21.5 Å². The molecular formula is C21H20O2. The molecule has 2 aliphatic rings. The SMILES string of the molecule is OC1(c2c3ccccc3cc3ccccc23)CC2CCC(C1)O2. The van der Waals surface area contributed by atoms with Gasteiger partial charge < -0.3 is 9.84 Å². The van der Waals surface area contributed by atoms with E-state index in [0.29, 0.717) is 12.8 Å². The van der Waals surface area contributed by atoms with Crippen LogP contribution in [-0.4, -0.2) is 17.3 Å². The lowest BCUT2D eigenvalue weighted by atomic mass is 9.78. The maximum atomic E-state index is 11.6. The fraction of sp³-hybridized carbons (Fsp3) is 0.333. The summed E-state index contributed by atoms with van der Waals surface area (Å²) in [6, 6.07) is 19.1. The van der Waals surface area contributed by atoms with Gasteiger partial charge in [0.25, 0.3) is 0 Å². The second-order valence-corrected chi connectivity index (χ2v) is 7.09. The lowest BCUT2D eigenvalue weighted by Crippen LogP contribution is -2.39. The van der Waals surface area contributed by atoms with Crippen LogP contribution in [0.15, 0.2) is 54.6 Å². The molecule has 2 nitrogen and oxygen atoms in total. The maximum absolute atomic E-state index is 11.6. The molecule has 0 radical (unpaired) electrons. The smallest absolute Gasteiger partial charge is 0.0957 e. The fourth-order valence-corrected chi connectivity index (χ4v) is 4.64. The molecule has 2 bridgehead atoms. The first-order chi connectivity index (χ1) is 11.2. The van der Waals surface area contributed by atoms with Gasteiger partial charge in [0.2, 0.25) is 0 Å². The summed E-state index contributed by atoms with van der Waals surface area (Å²) in [5.74, 6) is 0. The third-order valence-corrected chi connectivity index (χ3v) is 5.56. The summed E-state index contributed by atoms with van der Waals surface area (Å²) in [5, 5.41) is 16.4. The Balaban J connectivity index is 1.84. The Labute approximate surface area is 135 Å². The van der Waals surface area contributed by atoms with E-state index in [9.17, 15) is 5.11 Å². The van der Waals surface area contributed by atoms with Crippen LogP contribution >= 0.6 is 0 Å². The first-order valence-corrected chi connectivity index (χ1v) is 8.52.